The third-order valence-corrected chi connectivity index (χ3v) is 3.94. The lowest BCUT2D eigenvalue weighted by Crippen LogP contribution is -2.17. The van der Waals surface area contributed by atoms with Crippen LogP contribution in [0, 0.1) is 0 Å². The van der Waals surface area contributed by atoms with E-state index < -0.39 is 0 Å². The molecule has 2 aromatic rings. The van der Waals surface area contributed by atoms with Crippen LogP contribution in [0.3, 0.4) is 0 Å². The summed E-state index contributed by atoms with van der Waals surface area (Å²) in [7, 11) is 0. The van der Waals surface area contributed by atoms with Crippen LogP contribution in [0.2, 0.25) is 0 Å². The second-order valence-corrected chi connectivity index (χ2v) is 5.42. The van der Waals surface area contributed by atoms with E-state index in [2.05, 4.69) is 51.4 Å². The number of rotatable bonds is 4. The summed E-state index contributed by atoms with van der Waals surface area (Å²) in [6.45, 7) is 3.04. The zero-order chi connectivity index (χ0) is 11.4. The van der Waals surface area contributed by atoms with Crippen molar-refractivity contribution in [3.8, 4) is 0 Å². The quantitative estimate of drug-likeness (QED) is 0.929. The molecule has 0 spiro atoms. The molecule has 1 aromatic heterocycles. The van der Waals surface area contributed by atoms with Gasteiger partial charge in [0.2, 0.25) is 0 Å². The molecule has 1 unspecified atom stereocenters. The standard InChI is InChI=1S/C12H13BrN2S/c1-9(11-4-2-3-5-12(11)13)15-7-10-6-14-8-16-10/h2-6,8-9,15H,7H2,1H3. The topological polar surface area (TPSA) is 24.9 Å². The van der Waals surface area contributed by atoms with Crippen LogP contribution >= 0.6 is 27.3 Å². The molecule has 84 valence electrons. The van der Waals surface area contributed by atoms with Gasteiger partial charge in [-0.3, -0.25) is 4.98 Å². The molecule has 0 fully saturated rings. The summed E-state index contributed by atoms with van der Waals surface area (Å²) in [5, 5.41) is 3.48. The highest BCUT2D eigenvalue weighted by Gasteiger charge is 2.08. The Morgan fingerprint density at radius 2 is 2.25 bits per heavy atom. The van der Waals surface area contributed by atoms with Gasteiger partial charge in [-0.1, -0.05) is 34.1 Å². The molecule has 0 saturated carbocycles. The zero-order valence-corrected chi connectivity index (χ0v) is 11.4. The molecule has 0 aliphatic heterocycles. The van der Waals surface area contributed by atoms with Crippen molar-refractivity contribution in [1.29, 1.82) is 0 Å². The minimum Gasteiger partial charge on any atom is -0.305 e. The molecule has 2 nitrogen and oxygen atoms in total. The van der Waals surface area contributed by atoms with E-state index in [-0.39, 0.29) is 0 Å². The van der Waals surface area contributed by atoms with Crippen LogP contribution in [-0.4, -0.2) is 4.98 Å². The maximum atomic E-state index is 4.06. The van der Waals surface area contributed by atoms with Crippen molar-refractivity contribution >= 4 is 27.3 Å². The maximum Gasteiger partial charge on any atom is 0.0794 e. The lowest BCUT2D eigenvalue weighted by Gasteiger charge is -2.14. The Labute approximate surface area is 108 Å². The number of thiazole rings is 1. The van der Waals surface area contributed by atoms with E-state index >= 15 is 0 Å². The average molecular weight is 297 g/mol. The lowest BCUT2D eigenvalue weighted by molar-refractivity contribution is 0.576. The van der Waals surface area contributed by atoms with Crippen LogP contribution in [0.1, 0.15) is 23.4 Å². The van der Waals surface area contributed by atoms with Crippen molar-refractivity contribution in [3.05, 3.63) is 50.9 Å². The van der Waals surface area contributed by atoms with E-state index in [9.17, 15) is 0 Å². The van der Waals surface area contributed by atoms with Gasteiger partial charge in [0, 0.05) is 28.1 Å². The lowest BCUT2D eigenvalue weighted by atomic mass is 10.1. The van der Waals surface area contributed by atoms with Gasteiger partial charge in [0.05, 0.1) is 5.51 Å². The Hall–Kier alpha value is -0.710. The van der Waals surface area contributed by atoms with Crippen LogP contribution in [0.25, 0.3) is 0 Å². The number of halogens is 1. The van der Waals surface area contributed by atoms with Gasteiger partial charge in [-0.05, 0) is 18.6 Å². The summed E-state index contributed by atoms with van der Waals surface area (Å²) in [4.78, 5) is 5.32. The van der Waals surface area contributed by atoms with Gasteiger partial charge in [-0.15, -0.1) is 11.3 Å². The summed E-state index contributed by atoms with van der Waals surface area (Å²) >= 11 is 5.24. The number of benzene rings is 1. The highest BCUT2D eigenvalue weighted by molar-refractivity contribution is 9.10. The van der Waals surface area contributed by atoms with Crippen LogP contribution in [0.4, 0.5) is 0 Å². The Morgan fingerprint density at radius 1 is 1.44 bits per heavy atom. The molecule has 0 radical (unpaired) electrons. The number of nitrogens with one attached hydrogen (secondary N) is 1. The summed E-state index contributed by atoms with van der Waals surface area (Å²) in [6, 6.07) is 8.63. The number of hydrogen-bond donors (Lipinski definition) is 1. The fourth-order valence-corrected chi connectivity index (χ4v) is 2.69. The smallest absolute Gasteiger partial charge is 0.0794 e. The van der Waals surface area contributed by atoms with E-state index in [1.807, 2.05) is 17.8 Å². The molecule has 16 heavy (non-hydrogen) atoms. The van der Waals surface area contributed by atoms with Gasteiger partial charge in [-0.2, -0.15) is 0 Å². The summed E-state index contributed by atoms with van der Waals surface area (Å²) in [5.74, 6) is 0. The molecule has 2 rings (SSSR count). The van der Waals surface area contributed by atoms with Crippen molar-refractivity contribution in [3.63, 3.8) is 0 Å². The molecule has 0 aliphatic rings. The second kappa shape index (κ2) is 5.57. The van der Waals surface area contributed by atoms with Gasteiger partial charge in [0.15, 0.2) is 0 Å². The van der Waals surface area contributed by atoms with E-state index in [4.69, 9.17) is 0 Å². The average Bonchev–Trinajstić information content (AvgIpc) is 2.79. The van der Waals surface area contributed by atoms with Crippen LogP contribution in [0.15, 0.2) is 40.4 Å². The Kier molecular flexibility index (Phi) is 4.09. The third-order valence-electron chi connectivity index (χ3n) is 2.44. The van der Waals surface area contributed by atoms with Gasteiger partial charge < -0.3 is 5.32 Å². The van der Waals surface area contributed by atoms with Crippen molar-refractivity contribution < 1.29 is 0 Å². The molecule has 0 amide bonds. The highest BCUT2D eigenvalue weighted by atomic mass is 79.9. The first-order valence-corrected chi connectivity index (χ1v) is 6.80. The normalized spacial score (nSPS) is 12.6. The first-order valence-electron chi connectivity index (χ1n) is 5.12. The molecular weight excluding hydrogens is 284 g/mol. The van der Waals surface area contributed by atoms with Gasteiger partial charge >= 0.3 is 0 Å². The molecule has 1 N–H and O–H groups in total. The monoisotopic (exact) mass is 296 g/mol. The number of nitrogens with zero attached hydrogens (tertiary/aromatic N) is 1. The Balaban J connectivity index is 1.98. The zero-order valence-electron chi connectivity index (χ0n) is 8.98. The minimum atomic E-state index is 0.331. The van der Waals surface area contributed by atoms with Crippen LogP contribution in [0.5, 0.6) is 0 Å². The van der Waals surface area contributed by atoms with Crippen molar-refractivity contribution in [2.24, 2.45) is 0 Å². The molecule has 1 aromatic carbocycles. The fourth-order valence-electron chi connectivity index (χ4n) is 1.52. The van der Waals surface area contributed by atoms with E-state index in [1.54, 1.807) is 11.3 Å². The van der Waals surface area contributed by atoms with Crippen molar-refractivity contribution in [2.75, 3.05) is 0 Å². The van der Waals surface area contributed by atoms with Crippen molar-refractivity contribution in [1.82, 2.24) is 10.3 Å². The first kappa shape index (κ1) is 11.8. The molecule has 4 heteroatoms. The van der Waals surface area contributed by atoms with E-state index in [1.165, 1.54) is 10.4 Å². The second-order valence-electron chi connectivity index (χ2n) is 3.59. The number of hydrogen-bond acceptors (Lipinski definition) is 3. The first-order chi connectivity index (χ1) is 7.77. The third kappa shape index (κ3) is 2.90. The minimum absolute atomic E-state index is 0.331. The van der Waals surface area contributed by atoms with E-state index in [0.717, 1.165) is 11.0 Å². The van der Waals surface area contributed by atoms with Crippen LogP contribution in [-0.2, 0) is 6.54 Å². The van der Waals surface area contributed by atoms with Crippen molar-refractivity contribution in [2.45, 2.75) is 19.5 Å². The van der Waals surface area contributed by atoms with Crippen LogP contribution < -0.4 is 5.32 Å². The van der Waals surface area contributed by atoms with Gasteiger partial charge in [0.25, 0.3) is 0 Å². The largest absolute Gasteiger partial charge is 0.305 e. The summed E-state index contributed by atoms with van der Waals surface area (Å²) in [6.07, 6.45) is 1.91. The Bertz CT molecular complexity index is 442. The summed E-state index contributed by atoms with van der Waals surface area (Å²) in [5.41, 5.74) is 3.15. The Morgan fingerprint density at radius 3 is 2.94 bits per heavy atom. The SMILES string of the molecule is CC(NCc1cncs1)c1ccccc1Br. The molecule has 1 heterocycles. The van der Waals surface area contributed by atoms with Gasteiger partial charge in [0.1, 0.15) is 0 Å². The summed E-state index contributed by atoms with van der Waals surface area (Å²) < 4.78 is 1.15. The fraction of sp³-hybridized carbons (Fsp3) is 0.250. The van der Waals surface area contributed by atoms with Gasteiger partial charge in [-0.25, -0.2) is 0 Å². The molecule has 0 bridgehead atoms. The molecule has 0 saturated heterocycles. The predicted octanol–water partition coefficient (Wildman–Crippen LogP) is 3.76. The molecule has 1 atom stereocenters. The highest BCUT2D eigenvalue weighted by Crippen LogP contribution is 2.23. The number of aromatic nitrogens is 1. The predicted molar refractivity (Wildman–Crippen MR) is 71.5 cm³/mol. The molecule has 0 aliphatic carbocycles. The maximum absolute atomic E-state index is 4.06. The van der Waals surface area contributed by atoms with E-state index in [0.29, 0.717) is 6.04 Å². The molecular formula is C12H13BrN2S.